The predicted octanol–water partition coefficient (Wildman–Crippen LogP) is 2.57. The van der Waals surface area contributed by atoms with E-state index in [4.69, 9.17) is 0 Å². The molecule has 0 radical (unpaired) electrons. The molecule has 0 saturated heterocycles. The van der Waals surface area contributed by atoms with Crippen LogP contribution in [-0.4, -0.2) is 23.3 Å². The molecule has 1 heterocycles. The topological polar surface area (TPSA) is 32.3 Å². The number of aliphatic hydroxyl groups is 1. The molecule has 1 aliphatic rings. The molecule has 0 aromatic carbocycles. The van der Waals surface area contributed by atoms with Gasteiger partial charge in [0.25, 0.3) is 0 Å². The average Bonchev–Trinajstić information content (AvgIpc) is 2.88. The molecule has 0 amide bonds. The van der Waals surface area contributed by atoms with Gasteiger partial charge in [-0.1, -0.05) is 18.9 Å². The summed E-state index contributed by atoms with van der Waals surface area (Å²) in [6, 6.07) is 4.72. The highest BCUT2D eigenvalue weighted by molar-refractivity contribution is 7.09. The van der Waals surface area contributed by atoms with Gasteiger partial charge in [0.15, 0.2) is 0 Å². The standard InChI is InChI=1S/C13H21NOS/c1-11(9-12-5-4-8-16-12)14-10-13(15)6-2-3-7-13/h4-5,8,11,14-15H,2-3,6-7,9-10H2,1H3. The van der Waals surface area contributed by atoms with E-state index in [0.29, 0.717) is 6.04 Å². The number of nitrogens with one attached hydrogen (secondary N) is 1. The number of hydrogen-bond acceptors (Lipinski definition) is 3. The number of hydrogen-bond donors (Lipinski definition) is 2. The summed E-state index contributed by atoms with van der Waals surface area (Å²) in [5, 5.41) is 15.8. The molecule has 90 valence electrons. The number of thiophene rings is 1. The van der Waals surface area contributed by atoms with Crippen molar-refractivity contribution in [2.75, 3.05) is 6.54 Å². The van der Waals surface area contributed by atoms with Gasteiger partial charge in [-0.2, -0.15) is 0 Å². The van der Waals surface area contributed by atoms with Gasteiger partial charge in [-0.3, -0.25) is 0 Å². The smallest absolute Gasteiger partial charge is 0.0771 e. The van der Waals surface area contributed by atoms with Crippen molar-refractivity contribution in [1.82, 2.24) is 5.32 Å². The van der Waals surface area contributed by atoms with Gasteiger partial charge in [0.1, 0.15) is 0 Å². The van der Waals surface area contributed by atoms with Crippen LogP contribution in [0.15, 0.2) is 17.5 Å². The lowest BCUT2D eigenvalue weighted by Gasteiger charge is -2.25. The summed E-state index contributed by atoms with van der Waals surface area (Å²) in [7, 11) is 0. The van der Waals surface area contributed by atoms with Crippen LogP contribution in [0.25, 0.3) is 0 Å². The van der Waals surface area contributed by atoms with E-state index in [2.05, 4.69) is 29.8 Å². The van der Waals surface area contributed by atoms with Gasteiger partial charge in [0, 0.05) is 17.5 Å². The second-order valence-corrected chi connectivity index (χ2v) is 6.03. The van der Waals surface area contributed by atoms with E-state index in [-0.39, 0.29) is 0 Å². The van der Waals surface area contributed by atoms with Crippen molar-refractivity contribution in [1.29, 1.82) is 0 Å². The van der Waals surface area contributed by atoms with E-state index >= 15 is 0 Å². The highest BCUT2D eigenvalue weighted by Crippen LogP contribution is 2.28. The van der Waals surface area contributed by atoms with Gasteiger partial charge < -0.3 is 10.4 Å². The normalized spacial score (nSPS) is 21.1. The number of rotatable bonds is 5. The summed E-state index contributed by atoms with van der Waals surface area (Å²) in [6.45, 7) is 2.94. The molecule has 2 nitrogen and oxygen atoms in total. The molecule has 1 saturated carbocycles. The Morgan fingerprint density at radius 1 is 1.50 bits per heavy atom. The molecular formula is C13H21NOS. The molecule has 1 unspecified atom stereocenters. The molecule has 1 aromatic rings. The fourth-order valence-electron chi connectivity index (χ4n) is 2.38. The molecule has 2 N–H and O–H groups in total. The Hall–Kier alpha value is -0.380. The average molecular weight is 239 g/mol. The van der Waals surface area contributed by atoms with Gasteiger partial charge in [-0.15, -0.1) is 11.3 Å². The van der Waals surface area contributed by atoms with Crippen molar-refractivity contribution in [2.24, 2.45) is 0 Å². The maximum Gasteiger partial charge on any atom is 0.0771 e. The first kappa shape index (κ1) is 12.1. The van der Waals surface area contributed by atoms with E-state index in [1.165, 1.54) is 17.7 Å². The Morgan fingerprint density at radius 2 is 2.25 bits per heavy atom. The third kappa shape index (κ3) is 3.30. The molecule has 0 spiro atoms. The first-order chi connectivity index (χ1) is 7.68. The van der Waals surface area contributed by atoms with Gasteiger partial charge in [0.05, 0.1) is 5.60 Å². The van der Waals surface area contributed by atoms with Crippen LogP contribution >= 0.6 is 11.3 Å². The second kappa shape index (κ2) is 5.30. The molecule has 1 aliphatic carbocycles. The summed E-state index contributed by atoms with van der Waals surface area (Å²) in [5.74, 6) is 0. The van der Waals surface area contributed by atoms with Crippen LogP contribution in [0.3, 0.4) is 0 Å². The zero-order chi connectivity index (χ0) is 11.4. The first-order valence-corrected chi connectivity index (χ1v) is 7.04. The molecular weight excluding hydrogens is 218 g/mol. The van der Waals surface area contributed by atoms with Crippen molar-refractivity contribution < 1.29 is 5.11 Å². The van der Waals surface area contributed by atoms with Crippen LogP contribution in [0.1, 0.15) is 37.5 Å². The quantitative estimate of drug-likeness (QED) is 0.827. The minimum Gasteiger partial charge on any atom is -0.389 e. The van der Waals surface area contributed by atoms with Gasteiger partial charge >= 0.3 is 0 Å². The van der Waals surface area contributed by atoms with Gasteiger partial charge in [-0.25, -0.2) is 0 Å². The summed E-state index contributed by atoms with van der Waals surface area (Å²) in [6.07, 6.45) is 5.35. The lowest BCUT2D eigenvalue weighted by molar-refractivity contribution is 0.0454. The van der Waals surface area contributed by atoms with Crippen LogP contribution in [0.2, 0.25) is 0 Å². The molecule has 1 aromatic heterocycles. The van der Waals surface area contributed by atoms with Crippen molar-refractivity contribution in [3.05, 3.63) is 22.4 Å². The van der Waals surface area contributed by atoms with Crippen LogP contribution in [0.5, 0.6) is 0 Å². The van der Waals surface area contributed by atoms with E-state index < -0.39 is 5.60 Å². The minimum absolute atomic E-state index is 0.427. The minimum atomic E-state index is -0.427. The van der Waals surface area contributed by atoms with Crippen LogP contribution in [-0.2, 0) is 6.42 Å². The SMILES string of the molecule is CC(Cc1cccs1)NCC1(O)CCCC1. The molecule has 2 rings (SSSR count). The fraction of sp³-hybridized carbons (Fsp3) is 0.692. The molecule has 16 heavy (non-hydrogen) atoms. The van der Waals surface area contributed by atoms with Crippen molar-refractivity contribution in [2.45, 2.75) is 50.7 Å². The van der Waals surface area contributed by atoms with Crippen molar-refractivity contribution >= 4 is 11.3 Å². The lowest BCUT2D eigenvalue weighted by Crippen LogP contribution is -2.42. The maximum absolute atomic E-state index is 10.2. The Kier molecular flexibility index (Phi) is 4.00. The van der Waals surface area contributed by atoms with E-state index in [1.54, 1.807) is 11.3 Å². The summed E-state index contributed by atoms with van der Waals surface area (Å²) in [5.41, 5.74) is -0.427. The van der Waals surface area contributed by atoms with E-state index in [1.807, 2.05) is 0 Å². The van der Waals surface area contributed by atoms with Crippen LogP contribution in [0.4, 0.5) is 0 Å². The van der Waals surface area contributed by atoms with Crippen molar-refractivity contribution in [3.8, 4) is 0 Å². The molecule has 1 fully saturated rings. The fourth-order valence-corrected chi connectivity index (χ4v) is 3.21. The Bertz CT molecular complexity index is 304. The molecule has 0 aliphatic heterocycles. The van der Waals surface area contributed by atoms with Gasteiger partial charge in [0.2, 0.25) is 0 Å². The van der Waals surface area contributed by atoms with Crippen LogP contribution in [0, 0.1) is 0 Å². The third-order valence-electron chi connectivity index (χ3n) is 3.40. The second-order valence-electron chi connectivity index (χ2n) is 5.00. The summed E-state index contributed by atoms with van der Waals surface area (Å²) >= 11 is 1.81. The third-order valence-corrected chi connectivity index (χ3v) is 4.30. The van der Waals surface area contributed by atoms with E-state index in [9.17, 15) is 5.11 Å². The molecule has 0 bridgehead atoms. The van der Waals surface area contributed by atoms with E-state index in [0.717, 1.165) is 25.8 Å². The Morgan fingerprint density at radius 3 is 2.88 bits per heavy atom. The van der Waals surface area contributed by atoms with Gasteiger partial charge in [-0.05, 0) is 37.6 Å². The largest absolute Gasteiger partial charge is 0.389 e. The zero-order valence-electron chi connectivity index (χ0n) is 9.91. The zero-order valence-corrected chi connectivity index (χ0v) is 10.7. The molecule has 1 atom stereocenters. The summed E-state index contributed by atoms with van der Waals surface area (Å²) < 4.78 is 0. The Labute approximate surface area is 102 Å². The highest BCUT2D eigenvalue weighted by atomic mass is 32.1. The van der Waals surface area contributed by atoms with Crippen LogP contribution < -0.4 is 5.32 Å². The predicted molar refractivity (Wildman–Crippen MR) is 68.9 cm³/mol. The Balaban J connectivity index is 1.73. The monoisotopic (exact) mass is 239 g/mol. The molecule has 3 heteroatoms. The maximum atomic E-state index is 10.2. The summed E-state index contributed by atoms with van der Waals surface area (Å²) in [4.78, 5) is 1.42. The lowest BCUT2D eigenvalue weighted by atomic mass is 10.0. The van der Waals surface area contributed by atoms with Crippen molar-refractivity contribution in [3.63, 3.8) is 0 Å². The first-order valence-electron chi connectivity index (χ1n) is 6.16. The highest BCUT2D eigenvalue weighted by Gasteiger charge is 2.30.